The molecule has 0 amide bonds. The number of hydrogen-bond donors (Lipinski definition) is 0. The molecular formula is C16H23N5. The molecule has 1 saturated carbocycles. The normalized spacial score (nSPS) is 16.1. The summed E-state index contributed by atoms with van der Waals surface area (Å²) in [6.45, 7) is 3.12. The van der Waals surface area contributed by atoms with Crippen LogP contribution >= 0.6 is 0 Å². The van der Waals surface area contributed by atoms with E-state index in [-0.39, 0.29) is 0 Å². The highest BCUT2D eigenvalue weighted by atomic mass is 15.6. The van der Waals surface area contributed by atoms with E-state index in [0.717, 1.165) is 24.1 Å². The lowest BCUT2D eigenvalue weighted by atomic mass is 9.89. The molecule has 0 radical (unpaired) electrons. The zero-order valence-corrected chi connectivity index (χ0v) is 12.9. The first-order chi connectivity index (χ1) is 10.2. The summed E-state index contributed by atoms with van der Waals surface area (Å²) in [5, 5.41) is 12.2. The van der Waals surface area contributed by atoms with Gasteiger partial charge in [0.1, 0.15) is 0 Å². The molecule has 0 unspecified atom stereocenters. The minimum Gasteiger partial charge on any atom is -0.342 e. The molecule has 0 atom stereocenters. The summed E-state index contributed by atoms with van der Waals surface area (Å²) in [6, 6.07) is 8.29. The fourth-order valence-corrected chi connectivity index (χ4v) is 3.11. The van der Waals surface area contributed by atoms with Crippen molar-refractivity contribution in [1.29, 1.82) is 0 Å². The van der Waals surface area contributed by atoms with E-state index in [1.165, 1.54) is 37.7 Å². The second-order valence-electron chi connectivity index (χ2n) is 6.11. The molecule has 112 valence electrons. The van der Waals surface area contributed by atoms with Gasteiger partial charge in [-0.15, -0.1) is 0 Å². The first-order valence-corrected chi connectivity index (χ1v) is 7.80. The Hall–Kier alpha value is -1.91. The molecule has 0 aliphatic heterocycles. The molecule has 0 saturated heterocycles. The Bertz CT molecular complexity index is 569. The molecule has 1 aromatic heterocycles. The smallest absolute Gasteiger partial charge is 0.250 e. The third-order valence-electron chi connectivity index (χ3n) is 4.33. The molecule has 0 bridgehead atoms. The number of benzene rings is 1. The monoisotopic (exact) mass is 285 g/mol. The first kappa shape index (κ1) is 14.0. The zero-order chi connectivity index (χ0) is 14.7. The molecule has 1 fully saturated rings. The lowest BCUT2D eigenvalue weighted by molar-refractivity contribution is 0.360. The third-order valence-corrected chi connectivity index (χ3v) is 4.33. The van der Waals surface area contributed by atoms with Crippen LogP contribution in [-0.2, 0) is 0 Å². The van der Waals surface area contributed by atoms with E-state index in [1.807, 2.05) is 4.68 Å². The number of rotatable bonds is 4. The Morgan fingerprint density at radius 3 is 2.57 bits per heavy atom. The molecule has 1 aliphatic rings. The Morgan fingerprint density at radius 1 is 1.14 bits per heavy atom. The van der Waals surface area contributed by atoms with Crippen LogP contribution in [0.4, 0.5) is 5.95 Å². The zero-order valence-electron chi connectivity index (χ0n) is 12.9. The summed E-state index contributed by atoms with van der Waals surface area (Å²) >= 11 is 0. The van der Waals surface area contributed by atoms with E-state index in [4.69, 9.17) is 0 Å². The van der Waals surface area contributed by atoms with Gasteiger partial charge in [0, 0.05) is 13.6 Å². The Kier molecular flexibility index (Phi) is 4.18. The van der Waals surface area contributed by atoms with Gasteiger partial charge < -0.3 is 4.90 Å². The number of nitrogens with zero attached hydrogens (tertiary/aromatic N) is 5. The molecule has 3 rings (SSSR count). The van der Waals surface area contributed by atoms with Gasteiger partial charge >= 0.3 is 0 Å². The van der Waals surface area contributed by atoms with Crippen LogP contribution in [0.5, 0.6) is 0 Å². The number of tetrazole rings is 1. The van der Waals surface area contributed by atoms with Crippen LogP contribution in [0.1, 0.15) is 37.7 Å². The van der Waals surface area contributed by atoms with Crippen molar-refractivity contribution in [3.63, 3.8) is 0 Å². The fourth-order valence-electron chi connectivity index (χ4n) is 3.11. The van der Waals surface area contributed by atoms with Gasteiger partial charge in [-0.25, -0.2) is 0 Å². The molecule has 0 N–H and O–H groups in total. The lowest BCUT2D eigenvalue weighted by Crippen LogP contribution is -2.29. The Balaban J connectivity index is 1.76. The second-order valence-corrected chi connectivity index (χ2v) is 6.11. The van der Waals surface area contributed by atoms with Crippen LogP contribution in [0.15, 0.2) is 24.3 Å². The highest BCUT2D eigenvalue weighted by Gasteiger charge is 2.19. The van der Waals surface area contributed by atoms with Crippen LogP contribution in [-0.4, -0.2) is 33.8 Å². The molecular weight excluding hydrogens is 262 g/mol. The van der Waals surface area contributed by atoms with Gasteiger partial charge in [-0.05, 0) is 48.2 Å². The summed E-state index contributed by atoms with van der Waals surface area (Å²) < 4.78 is 1.82. The summed E-state index contributed by atoms with van der Waals surface area (Å²) in [6.07, 6.45) is 6.77. The van der Waals surface area contributed by atoms with E-state index in [2.05, 4.69) is 58.7 Å². The summed E-state index contributed by atoms with van der Waals surface area (Å²) in [5.74, 6) is 1.59. The van der Waals surface area contributed by atoms with Crippen molar-refractivity contribution in [2.45, 2.75) is 39.0 Å². The maximum atomic E-state index is 4.21. The van der Waals surface area contributed by atoms with Crippen molar-refractivity contribution in [3.05, 3.63) is 29.8 Å². The quantitative estimate of drug-likeness (QED) is 0.866. The number of hydrogen-bond acceptors (Lipinski definition) is 4. The van der Waals surface area contributed by atoms with Crippen molar-refractivity contribution in [3.8, 4) is 5.69 Å². The van der Waals surface area contributed by atoms with Gasteiger partial charge in [0.25, 0.3) is 0 Å². The van der Waals surface area contributed by atoms with Crippen LogP contribution in [0.25, 0.3) is 5.69 Å². The topological polar surface area (TPSA) is 46.8 Å². The SMILES string of the molecule is Cc1ccc(-n2nnnc2N(C)CC2CCCCC2)cc1. The minimum atomic E-state index is 0.770. The second kappa shape index (κ2) is 6.24. The Labute approximate surface area is 126 Å². The van der Waals surface area contributed by atoms with Crippen molar-refractivity contribution in [2.75, 3.05) is 18.5 Å². The van der Waals surface area contributed by atoms with Gasteiger partial charge in [0.05, 0.1) is 5.69 Å². The molecule has 21 heavy (non-hydrogen) atoms. The van der Waals surface area contributed by atoms with Crippen LogP contribution in [0, 0.1) is 12.8 Å². The predicted octanol–water partition coefficient (Wildman–Crippen LogP) is 2.99. The van der Waals surface area contributed by atoms with Crippen molar-refractivity contribution >= 4 is 5.95 Å². The van der Waals surface area contributed by atoms with Crippen LogP contribution < -0.4 is 4.90 Å². The standard InChI is InChI=1S/C16H23N5/c1-13-8-10-15(11-9-13)21-16(17-18-19-21)20(2)12-14-6-4-3-5-7-14/h8-11,14H,3-7,12H2,1-2H3. The lowest BCUT2D eigenvalue weighted by Gasteiger charge is -2.27. The molecule has 5 nitrogen and oxygen atoms in total. The summed E-state index contributed by atoms with van der Waals surface area (Å²) in [7, 11) is 2.09. The highest BCUT2D eigenvalue weighted by Crippen LogP contribution is 2.25. The summed E-state index contributed by atoms with van der Waals surface area (Å²) in [5.41, 5.74) is 2.25. The maximum Gasteiger partial charge on any atom is 0.250 e. The molecule has 2 aromatic rings. The molecule has 5 heteroatoms. The first-order valence-electron chi connectivity index (χ1n) is 7.80. The third kappa shape index (κ3) is 3.23. The van der Waals surface area contributed by atoms with Gasteiger partial charge in [0.2, 0.25) is 5.95 Å². The van der Waals surface area contributed by atoms with E-state index in [0.29, 0.717) is 0 Å². The molecule has 0 spiro atoms. The average molecular weight is 285 g/mol. The molecule has 1 heterocycles. The van der Waals surface area contributed by atoms with Gasteiger partial charge in [-0.2, -0.15) is 4.68 Å². The number of aryl methyl sites for hydroxylation is 1. The van der Waals surface area contributed by atoms with E-state index in [1.54, 1.807) is 0 Å². The van der Waals surface area contributed by atoms with Crippen molar-refractivity contribution < 1.29 is 0 Å². The van der Waals surface area contributed by atoms with Crippen LogP contribution in [0.3, 0.4) is 0 Å². The highest BCUT2D eigenvalue weighted by molar-refractivity contribution is 5.41. The fraction of sp³-hybridized carbons (Fsp3) is 0.562. The minimum absolute atomic E-state index is 0.770. The molecule has 1 aromatic carbocycles. The predicted molar refractivity (Wildman–Crippen MR) is 83.7 cm³/mol. The molecule has 1 aliphatic carbocycles. The van der Waals surface area contributed by atoms with Gasteiger partial charge in [-0.3, -0.25) is 0 Å². The number of aromatic nitrogens is 4. The van der Waals surface area contributed by atoms with E-state index in [9.17, 15) is 0 Å². The maximum absolute atomic E-state index is 4.21. The van der Waals surface area contributed by atoms with E-state index < -0.39 is 0 Å². The van der Waals surface area contributed by atoms with Crippen LogP contribution in [0.2, 0.25) is 0 Å². The Morgan fingerprint density at radius 2 is 1.86 bits per heavy atom. The largest absolute Gasteiger partial charge is 0.342 e. The van der Waals surface area contributed by atoms with Gasteiger partial charge in [0.15, 0.2) is 0 Å². The number of anilines is 1. The van der Waals surface area contributed by atoms with Gasteiger partial charge in [-0.1, -0.05) is 42.1 Å². The van der Waals surface area contributed by atoms with E-state index >= 15 is 0 Å². The van der Waals surface area contributed by atoms with Crippen molar-refractivity contribution in [2.24, 2.45) is 5.92 Å². The summed E-state index contributed by atoms with van der Waals surface area (Å²) in [4.78, 5) is 2.19. The average Bonchev–Trinajstić information content (AvgIpc) is 2.98. The van der Waals surface area contributed by atoms with Crippen molar-refractivity contribution in [1.82, 2.24) is 20.2 Å².